The summed E-state index contributed by atoms with van der Waals surface area (Å²) in [4.78, 5) is 0. The van der Waals surface area contributed by atoms with E-state index in [0.29, 0.717) is 19.3 Å². The van der Waals surface area contributed by atoms with E-state index in [1.165, 1.54) is 5.56 Å². The molecule has 0 radical (unpaired) electrons. The Morgan fingerprint density at radius 2 is 1.77 bits per heavy atom. The summed E-state index contributed by atoms with van der Waals surface area (Å²) in [5.74, 6) is 0. The van der Waals surface area contributed by atoms with Gasteiger partial charge in [0.25, 0.3) is 0 Å². The summed E-state index contributed by atoms with van der Waals surface area (Å²) in [7, 11) is 1.69. The summed E-state index contributed by atoms with van der Waals surface area (Å²) < 4.78 is 18.0. The third-order valence-electron chi connectivity index (χ3n) is 3.56. The van der Waals surface area contributed by atoms with Crippen LogP contribution in [-0.2, 0) is 27.4 Å². The minimum atomic E-state index is -0.123. The van der Waals surface area contributed by atoms with Gasteiger partial charge in [-0.15, -0.1) is 0 Å². The van der Waals surface area contributed by atoms with E-state index in [4.69, 9.17) is 14.2 Å². The van der Waals surface area contributed by atoms with E-state index in [2.05, 4.69) is 54.9 Å². The van der Waals surface area contributed by atoms with E-state index < -0.39 is 0 Å². The van der Waals surface area contributed by atoms with Gasteiger partial charge in [-0.2, -0.15) is 0 Å². The van der Waals surface area contributed by atoms with E-state index in [0.717, 1.165) is 35.7 Å². The highest BCUT2D eigenvalue weighted by atomic mass is 79.9. The van der Waals surface area contributed by atoms with Crippen molar-refractivity contribution >= 4 is 15.9 Å². The lowest BCUT2D eigenvalue weighted by Gasteiger charge is -2.16. The molecular formula is C18H29BrO3. The number of methoxy groups -OCH3 is 1. The predicted molar refractivity (Wildman–Crippen MR) is 93.8 cm³/mol. The Hall–Kier alpha value is -0.420. The lowest BCUT2D eigenvalue weighted by atomic mass is 10.1. The Morgan fingerprint density at radius 1 is 1.05 bits per heavy atom. The standard InChI is InChI=1S/C18H29BrO3/c1-5-7-14(3)21-13-16-10-9-15(11-17(16)19)12-22-18(20-4)8-6-2/h9-11,14,18H,5-8,12-13H2,1-4H3. The molecule has 1 rings (SSSR count). The van der Waals surface area contributed by atoms with Gasteiger partial charge in [0, 0.05) is 11.6 Å². The number of rotatable bonds is 11. The molecule has 2 atom stereocenters. The molecule has 0 spiro atoms. The Labute approximate surface area is 143 Å². The molecule has 22 heavy (non-hydrogen) atoms. The lowest BCUT2D eigenvalue weighted by molar-refractivity contribution is -0.135. The summed E-state index contributed by atoms with van der Waals surface area (Å²) >= 11 is 3.62. The zero-order chi connectivity index (χ0) is 16.4. The van der Waals surface area contributed by atoms with Crippen molar-refractivity contribution in [2.24, 2.45) is 0 Å². The van der Waals surface area contributed by atoms with Crippen LogP contribution >= 0.6 is 15.9 Å². The van der Waals surface area contributed by atoms with Gasteiger partial charge in [0.05, 0.1) is 19.3 Å². The molecule has 0 fully saturated rings. The first-order valence-electron chi connectivity index (χ1n) is 8.13. The van der Waals surface area contributed by atoms with Crippen LogP contribution in [0.3, 0.4) is 0 Å². The van der Waals surface area contributed by atoms with Crippen molar-refractivity contribution < 1.29 is 14.2 Å². The summed E-state index contributed by atoms with van der Waals surface area (Å²) in [6, 6.07) is 6.29. The summed E-state index contributed by atoms with van der Waals surface area (Å²) in [6.07, 6.45) is 4.39. The smallest absolute Gasteiger partial charge is 0.157 e. The minimum absolute atomic E-state index is 0.123. The third-order valence-corrected chi connectivity index (χ3v) is 4.30. The normalized spacial score (nSPS) is 14.0. The topological polar surface area (TPSA) is 27.7 Å². The van der Waals surface area contributed by atoms with Crippen molar-refractivity contribution in [2.45, 2.75) is 72.1 Å². The maximum atomic E-state index is 5.86. The van der Waals surface area contributed by atoms with E-state index in [1.54, 1.807) is 7.11 Å². The highest BCUT2D eigenvalue weighted by Gasteiger charge is 2.08. The maximum absolute atomic E-state index is 5.86. The van der Waals surface area contributed by atoms with E-state index in [-0.39, 0.29) is 6.29 Å². The first-order valence-corrected chi connectivity index (χ1v) is 8.93. The van der Waals surface area contributed by atoms with Crippen molar-refractivity contribution in [3.05, 3.63) is 33.8 Å². The molecule has 0 aliphatic carbocycles. The molecule has 0 saturated heterocycles. The fourth-order valence-electron chi connectivity index (χ4n) is 2.21. The maximum Gasteiger partial charge on any atom is 0.157 e. The number of ether oxygens (including phenoxy) is 3. The van der Waals surface area contributed by atoms with Gasteiger partial charge in [-0.05, 0) is 37.0 Å². The largest absolute Gasteiger partial charge is 0.374 e. The SMILES string of the molecule is CCCC(C)OCc1ccc(COC(CCC)OC)cc1Br. The van der Waals surface area contributed by atoms with E-state index >= 15 is 0 Å². The third kappa shape index (κ3) is 7.23. The molecule has 1 aromatic carbocycles. The molecule has 0 aliphatic rings. The molecule has 0 bridgehead atoms. The molecular weight excluding hydrogens is 344 g/mol. The first kappa shape index (κ1) is 19.6. The highest BCUT2D eigenvalue weighted by molar-refractivity contribution is 9.10. The van der Waals surface area contributed by atoms with Crippen molar-refractivity contribution in [3.63, 3.8) is 0 Å². The van der Waals surface area contributed by atoms with Crippen LogP contribution in [0.25, 0.3) is 0 Å². The molecule has 0 aromatic heterocycles. The van der Waals surface area contributed by atoms with Crippen LogP contribution < -0.4 is 0 Å². The van der Waals surface area contributed by atoms with Crippen LogP contribution in [0.4, 0.5) is 0 Å². The second-order valence-electron chi connectivity index (χ2n) is 5.60. The second kappa shape index (κ2) is 11.2. The highest BCUT2D eigenvalue weighted by Crippen LogP contribution is 2.21. The Balaban J connectivity index is 2.50. The Morgan fingerprint density at radius 3 is 2.36 bits per heavy atom. The number of hydrogen-bond donors (Lipinski definition) is 0. The van der Waals surface area contributed by atoms with Gasteiger partial charge in [-0.25, -0.2) is 0 Å². The molecule has 2 unspecified atom stereocenters. The van der Waals surface area contributed by atoms with E-state index in [1.807, 2.05) is 0 Å². The van der Waals surface area contributed by atoms with Crippen molar-refractivity contribution in [1.82, 2.24) is 0 Å². The van der Waals surface area contributed by atoms with Crippen LogP contribution in [0.1, 0.15) is 57.6 Å². The Kier molecular flexibility index (Phi) is 9.96. The molecule has 1 aromatic rings. The van der Waals surface area contributed by atoms with Crippen LogP contribution in [0.2, 0.25) is 0 Å². The van der Waals surface area contributed by atoms with Crippen LogP contribution in [0, 0.1) is 0 Å². The molecule has 4 heteroatoms. The van der Waals surface area contributed by atoms with Gasteiger partial charge in [0.2, 0.25) is 0 Å². The molecule has 3 nitrogen and oxygen atoms in total. The molecule has 126 valence electrons. The van der Waals surface area contributed by atoms with Crippen molar-refractivity contribution in [2.75, 3.05) is 7.11 Å². The number of halogens is 1. The second-order valence-corrected chi connectivity index (χ2v) is 6.46. The minimum Gasteiger partial charge on any atom is -0.374 e. The zero-order valence-electron chi connectivity index (χ0n) is 14.2. The summed E-state index contributed by atoms with van der Waals surface area (Å²) in [5.41, 5.74) is 2.30. The van der Waals surface area contributed by atoms with Crippen LogP contribution in [-0.4, -0.2) is 19.5 Å². The average Bonchev–Trinajstić information content (AvgIpc) is 2.50. The van der Waals surface area contributed by atoms with Gasteiger partial charge >= 0.3 is 0 Å². The first-order chi connectivity index (χ1) is 10.6. The van der Waals surface area contributed by atoms with Crippen molar-refractivity contribution in [1.29, 1.82) is 0 Å². The van der Waals surface area contributed by atoms with Crippen LogP contribution in [0.5, 0.6) is 0 Å². The molecule has 0 N–H and O–H groups in total. The van der Waals surface area contributed by atoms with Crippen molar-refractivity contribution in [3.8, 4) is 0 Å². The number of benzene rings is 1. The fourth-order valence-corrected chi connectivity index (χ4v) is 2.75. The lowest BCUT2D eigenvalue weighted by Crippen LogP contribution is -2.14. The zero-order valence-corrected chi connectivity index (χ0v) is 15.8. The van der Waals surface area contributed by atoms with Crippen LogP contribution in [0.15, 0.2) is 22.7 Å². The molecule has 0 saturated carbocycles. The fraction of sp³-hybridized carbons (Fsp3) is 0.667. The monoisotopic (exact) mass is 372 g/mol. The van der Waals surface area contributed by atoms with Gasteiger partial charge in [0.1, 0.15) is 0 Å². The van der Waals surface area contributed by atoms with Gasteiger partial charge in [-0.3, -0.25) is 0 Å². The quantitative estimate of drug-likeness (QED) is 0.483. The summed E-state index contributed by atoms with van der Waals surface area (Å²) in [5, 5.41) is 0. The molecule has 0 amide bonds. The summed E-state index contributed by atoms with van der Waals surface area (Å²) in [6.45, 7) is 7.62. The van der Waals surface area contributed by atoms with Gasteiger partial charge in [0.15, 0.2) is 6.29 Å². The predicted octanol–water partition coefficient (Wildman–Crippen LogP) is 5.44. The number of hydrogen-bond acceptors (Lipinski definition) is 3. The molecule has 0 aliphatic heterocycles. The Bertz CT molecular complexity index is 423. The average molecular weight is 373 g/mol. The van der Waals surface area contributed by atoms with Gasteiger partial charge < -0.3 is 14.2 Å². The van der Waals surface area contributed by atoms with Gasteiger partial charge in [-0.1, -0.05) is 54.8 Å². The molecule has 0 heterocycles. The van der Waals surface area contributed by atoms with E-state index in [9.17, 15) is 0 Å².